The number of para-hydroxylation sites is 2. The number of nitrogens with one attached hydrogen (secondary N) is 1. The number of hydrogen-bond acceptors (Lipinski definition) is 5. The second-order valence-corrected chi connectivity index (χ2v) is 7.67. The lowest BCUT2D eigenvalue weighted by atomic mass is 9.93. The maximum absolute atomic E-state index is 9.75. The van der Waals surface area contributed by atoms with Gasteiger partial charge < -0.3 is 15.2 Å². The minimum absolute atomic E-state index is 0.175. The summed E-state index contributed by atoms with van der Waals surface area (Å²) in [7, 11) is 0. The fourth-order valence-electron chi connectivity index (χ4n) is 4.02. The summed E-state index contributed by atoms with van der Waals surface area (Å²) < 4.78 is 8.19. The number of aliphatic hydroxyl groups is 1. The molecule has 6 heteroatoms. The SMILES string of the molecule is OC1CCC(Nc2ncc(-c3ccccc3Oc3ccccc3)n3ccnc23)CC1. The van der Waals surface area contributed by atoms with Gasteiger partial charge in [-0.1, -0.05) is 30.3 Å². The maximum atomic E-state index is 9.75. The first-order valence-corrected chi connectivity index (χ1v) is 10.4. The topological polar surface area (TPSA) is 71.7 Å². The predicted molar refractivity (Wildman–Crippen MR) is 117 cm³/mol. The Balaban J connectivity index is 1.48. The van der Waals surface area contributed by atoms with Crippen molar-refractivity contribution in [1.82, 2.24) is 14.4 Å². The Morgan fingerprint density at radius 3 is 2.53 bits per heavy atom. The van der Waals surface area contributed by atoms with Crippen LogP contribution in [0.2, 0.25) is 0 Å². The van der Waals surface area contributed by atoms with Gasteiger partial charge in [0.15, 0.2) is 11.5 Å². The number of hydrogen-bond donors (Lipinski definition) is 2. The zero-order valence-electron chi connectivity index (χ0n) is 16.6. The van der Waals surface area contributed by atoms with Crippen molar-refractivity contribution in [2.75, 3.05) is 5.32 Å². The maximum Gasteiger partial charge on any atom is 0.180 e. The summed E-state index contributed by atoms with van der Waals surface area (Å²) >= 11 is 0. The third kappa shape index (κ3) is 3.74. The van der Waals surface area contributed by atoms with Gasteiger partial charge in [-0.3, -0.25) is 4.40 Å². The molecule has 2 heterocycles. The summed E-state index contributed by atoms with van der Waals surface area (Å²) in [6.07, 6.45) is 8.94. The van der Waals surface area contributed by atoms with E-state index in [1.807, 2.05) is 71.4 Å². The molecule has 0 saturated heterocycles. The van der Waals surface area contributed by atoms with E-state index in [-0.39, 0.29) is 6.10 Å². The van der Waals surface area contributed by atoms with Gasteiger partial charge in [-0.2, -0.15) is 0 Å². The molecule has 6 nitrogen and oxygen atoms in total. The molecular weight excluding hydrogens is 376 g/mol. The molecule has 1 aliphatic rings. The van der Waals surface area contributed by atoms with Crippen molar-refractivity contribution in [2.24, 2.45) is 0 Å². The first-order valence-electron chi connectivity index (χ1n) is 10.4. The van der Waals surface area contributed by atoms with Crippen LogP contribution < -0.4 is 10.1 Å². The van der Waals surface area contributed by atoms with Crippen LogP contribution in [0, 0.1) is 0 Å². The second-order valence-electron chi connectivity index (χ2n) is 7.67. The van der Waals surface area contributed by atoms with E-state index < -0.39 is 0 Å². The molecule has 0 aliphatic heterocycles. The number of nitrogens with zero attached hydrogens (tertiary/aromatic N) is 3. The fraction of sp³-hybridized carbons (Fsp3) is 0.250. The summed E-state index contributed by atoms with van der Waals surface area (Å²) in [5.41, 5.74) is 2.65. The molecule has 0 unspecified atom stereocenters. The molecule has 0 spiro atoms. The number of fused-ring (bicyclic) bond motifs is 1. The summed E-state index contributed by atoms with van der Waals surface area (Å²) in [5, 5.41) is 13.3. The number of benzene rings is 2. The highest BCUT2D eigenvalue weighted by atomic mass is 16.5. The third-order valence-electron chi connectivity index (χ3n) is 5.60. The van der Waals surface area contributed by atoms with Crippen molar-refractivity contribution in [3.8, 4) is 22.8 Å². The number of rotatable bonds is 5. The van der Waals surface area contributed by atoms with Gasteiger partial charge in [0.2, 0.25) is 0 Å². The van der Waals surface area contributed by atoms with Crippen LogP contribution in [-0.2, 0) is 0 Å². The molecule has 2 N–H and O–H groups in total. The molecule has 0 bridgehead atoms. The first kappa shape index (κ1) is 18.6. The molecule has 0 amide bonds. The van der Waals surface area contributed by atoms with Crippen LogP contribution >= 0.6 is 0 Å². The number of anilines is 1. The lowest BCUT2D eigenvalue weighted by Gasteiger charge is -2.26. The lowest BCUT2D eigenvalue weighted by molar-refractivity contribution is 0.126. The zero-order valence-corrected chi connectivity index (χ0v) is 16.6. The smallest absolute Gasteiger partial charge is 0.180 e. The van der Waals surface area contributed by atoms with Gasteiger partial charge in [0.05, 0.1) is 18.0 Å². The molecule has 0 atom stereocenters. The minimum atomic E-state index is -0.175. The standard InChI is InChI=1S/C24H24N4O2/c29-18-12-10-17(11-13-18)27-23-24-25-14-15-28(24)21(16-26-23)20-8-4-5-9-22(20)30-19-6-2-1-3-7-19/h1-9,14-18,29H,10-13H2,(H,26,27). The van der Waals surface area contributed by atoms with Gasteiger partial charge in [-0.15, -0.1) is 0 Å². The Bertz CT molecular complexity index is 1130. The number of ether oxygens (including phenoxy) is 1. The Hall–Kier alpha value is -3.38. The summed E-state index contributed by atoms with van der Waals surface area (Å²) in [6, 6.07) is 18.0. The van der Waals surface area contributed by atoms with Gasteiger partial charge in [-0.25, -0.2) is 9.97 Å². The van der Waals surface area contributed by atoms with Gasteiger partial charge in [-0.05, 0) is 49.9 Å². The molecule has 4 aromatic rings. The van der Waals surface area contributed by atoms with E-state index in [0.29, 0.717) is 6.04 Å². The predicted octanol–water partition coefficient (Wildman–Crippen LogP) is 4.90. The Morgan fingerprint density at radius 2 is 1.70 bits per heavy atom. The van der Waals surface area contributed by atoms with E-state index in [1.165, 1.54) is 0 Å². The summed E-state index contributed by atoms with van der Waals surface area (Å²) in [4.78, 5) is 9.25. The Kier molecular flexibility index (Phi) is 5.07. The molecule has 1 aliphatic carbocycles. The van der Waals surface area contributed by atoms with E-state index in [4.69, 9.17) is 9.72 Å². The van der Waals surface area contributed by atoms with E-state index in [2.05, 4.69) is 10.3 Å². The quantitative estimate of drug-likeness (QED) is 0.498. The van der Waals surface area contributed by atoms with Gasteiger partial charge in [0.25, 0.3) is 0 Å². The monoisotopic (exact) mass is 400 g/mol. The molecular formula is C24H24N4O2. The normalized spacial score (nSPS) is 19.0. The Labute approximate surface area is 175 Å². The molecule has 152 valence electrons. The highest BCUT2D eigenvalue weighted by Gasteiger charge is 2.21. The van der Waals surface area contributed by atoms with Crippen molar-refractivity contribution >= 4 is 11.5 Å². The number of aliphatic hydroxyl groups excluding tert-OH is 1. The van der Waals surface area contributed by atoms with Gasteiger partial charge >= 0.3 is 0 Å². The lowest BCUT2D eigenvalue weighted by Crippen LogP contribution is -2.28. The van der Waals surface area contributed by atoms with E-state index in [1.54, 1.807) is 6.20 Å². The number of imidazole rings is 1. The first-order chi connectivity index (χ1) is 14.8. The van der Waals surface area contributed by atoms with Crippen LogP contribution in [0.15, 0.2) is 73.2 Å². The molecule has 2 aromatic heterocycles. The van der Waals surface area contributed by atoms with Crippen LogP contribution in [0.3, 0.4) is 0 Å². The molecule has 2 aromatic carbocycles. The van der Waals surface area contributed by atoms with Crippen LogP contribution in [0.1, 0.15) is 25.7 Å². The highest BCUT2D eigenvalue weighted by Crippen LogP contribution is 2.34. The van der Waals surface area contributed by atoms with Crippen LogP contribution in [0.5, 0.6) is 11.5 Å². The van der Waals surface area contributed by atoms with Gasteiger partial charge in [0, 0.05) is 24.0 Å². The number of aromatic nitrogens is 3. The summed E-state index contributed by atoms with van der Waals surface area (Å²) in [6.45, 7) is 0. The van der Waals surface area contributed by atoms with Crippen molar-refractivity contribution in [1.29, 1.82) is 0 Å². The molecule has 5 rings (SSSR count). The van der Waals surface area contributed by atoms with Crippen LogP contribution in [0.4, 0.5) is 5.82 Å². The van der Waals surface area contributed by atoms with Crippen molar-refractivity contribution in [3.05, 3.63) is 73.2 Å². The molecule has 0 radical (unpaired) electrons. The van der Waals surface area contributed by atoms with Gasteiger partial charge in [0.1, 0.15) is 11.5 Å². The van der Waals surface area contributed by atoms with Crippen LogP contribution in [-0.4, -0.2) is 31.6 Å². The molecule has 1 fully saturated rings. The molecule has 30 heavy (non-hydrogen) atoms. The largest absolute Gasteiger partial charge is 0.457 e. The minimum Gasteiger partial charge on any atom is -0.457 e. The van der Waals surface area contributed by atoms with E-state index in [0.717, 1.165) is 59.9 Å². The Morgan fingerprint density at radius 1 is 0.933 bits per heavy atom. The second kappa shape index (κ2) is 8.16. The average Bonchev–Trinajstić information content (AvgIpc) is 3.27. The fourth-order valence-corrected chi connectivity index (χ4v) is 4.02. The third-order valence-corrected chi connectivity index (χ3v) is 5.60. The zero-order chi connectivity index (χ0) is 20.3. The van der Waals surface area contributed by atoms with Crippen molar-refractivity contribution in [2.45, 2.75) is 37.8 Å². The van der Waals surface area contributed by atoms with Crippen LogP contribution in [0.25, 0.3) is 16.9 Å². The van der Waals surface area contributed by atoms with E-state index in [9.17, 15) is 5.11 Å². The van der Waals surface area contributed by atoms with E-state index >= 15 is 0 Å². The van der Waals surface area contributed by atoms with Crippen molar-refractivity contribution < 1.29 is 9.84 Å². The molecule has 1 saturated carbocycles. The highest BCUT2D eigenvalue weighted by molar-refractivity contribution is 5.74. The summed E-state index contributed by atoms with van der Waals surface area (Å²) in [5.74, 6) is 2.33. The average molecular weight is 400 g/mol. The van der Waals surface area contributed by atoms with Crippen molar-refractivity contribution in [3.63, 3.8) is 0 Å².